The van der Waals surface area contributed by atoms with Gasteiger partial charge in [-0.05, 0) is 73.3 Å². The van der Waals surface area contributed by atoms with Gasteiger partial charge >= 0.3 is 0 Å². The van der Waals surface area contributed by atoms with Crippen LogP contribution in [0.3, 0.4) is 0 Å². The van der Waals surface area contributed by atoms with Crippen molar-refractivity contribution in [2.24, 2.45) is 0 Å². The van der Waals surface area contributed by atoms with Gasteiger partial charge in [-0.25, -0.2) is 4.98 Å². The van der Waals surface area contributed by atoms with Gasteiger partial charge in [0.1, 0.15) is 5.82 Å². The summed E-state index contributed by atoms with van der Waals surface area (Å²) in [5, 5.41) is 6.42. The molecule has 2 N–H and O–H groups in total. The van der Waals surface area contributed by atoms with Crippen LogP contribution in [0.25, 0.3) is 38.4 Å². The number of fused-ring (bicyclic) bond motifs is 3. The Morgan fingerprint density at radius 1 is 1.00 bits per heavy atom. The second kappa shape index (κ2) is 10.6. The number of aromatic nitrogens is 4. The van der Waals surface area contributed by atoms with Gasteiger partial charge in [0.2, 0.25) is 0 Å². The number of imidazole rings is 1. The van der Waals surface area contributed by atoms with E-state index in [1.807, 2.05) is 67.3 Å². The van der Waals surface area contributed by atoms with Gasteiger partial charge in [0, 0.05) is 47.7 Å². The number of hydrogen-bond donors (Lipinski definition) is 2. The lowest BCUT2D eigenvalue weighted by atomic mass is 9.96. The molecule has 7 rings (SSSR count). The zero-order valence-electron chi connectivity index (χ0n) is 22.4. The summed E-state index contributed by atoms with van der Waals surface area (Å²) in [7, 11) is 0. The molecule has 1 fully saturated rings. The van der Waals surface area contributed by atoms with E-state index in [1.54, 1.807) is 0 Å². The number of piperidine rings is 1. The van der Waals surface area contributed by atoms with E-state index >= 15 is 0 Å². The van der Waals surface area contributed by atoms with Gasteiger partial charge in [0.15, 0.2) is 0 Å². The number of amides is 1. The normalized spacial score (nSPS) is 14.8. The second-order valence-electron chi connectivity index (χ2n) is 10.7. The summed E-state index contributed by atoms with van der Waals surface area (Å²) in [6.07, 6.45) is 10.9. The van der Waals surface area contributed by atoms with Crippen molar-refractivity contribution < 1.29 is 4.79 Å². The van der Waals surface area contributed by atoms with Crippen LogP contribution in [0.5, 0.6) is 0 Å². The van der Waals surface area contributed by atoms with Crippen molar-refractivity contribution in [3.05, 3.63) is 103 Å². The average molecular weight is 529 g/mol. The van der Waals surface area contributed by atoms with E-state index in [4.69, 9.17) is 4.98 Å². The summed E-state index contributed by atoms with van der Waals surface area (Å²) in [6.45, 7) is 3.72. The predicted molar refractivity (Wildman–Crippen MR) is 160 cm³/mol. The molecule has 40 heavy (non-hydrogen) atoms. The van der Waals surface area contributed by atoms with E-state index in [9.17, 15) is 4.79 Å². The van der Waals surface area contributed by atoms with Gasteiger partial charge in [-0.3, -0.25) is 14.2 Å². The fraction of sp³-hybridized carbons (Fsp3) is 0.242. The quantitative estimate of drug-likeness (QED) is 0.248. The van der Waals surface area contributed by atoms with Gasteiger partial charge in [0.05, 0.1) is 17.4 Å². The molecule has 7 heteroatoms. The Morgan fingerprint density at radius 3 is 2.80 bits per heavy atom. The van der Waals surface area contributed by atoms with Gasteiger partial charge < -0.3 is 15.2 Å². The zero-order chi connectivity index (χ0) is 26.9. The van der Waals surface area contributed by atoms with E-state index < -0.39 is 0 Å². The summed E-state index contributed by atoms with van der Waals surface area (Å²) in [5.41, 5.74) is 5.00. The molecule has 1 aliphatic rings. The lowest BCUT2D eigenvalue weighted by Crippen LogP contribution is -2.36. The number of nitrogens with one attached hydrogen (secondary N) is 2. The first-order valence-corrected chi connectivity index (χ1v) is 14.1. The maximum Gasteiger partial charge on any atom is 0.251 e. The lowest BCUT2D eigenvalue weighted by Gasteiger charge is -2.31. The number of likely N-dealkylation sites (tertiary alicyclic amines) is 1. The molecular formula is C33H32N6O. The molecule has 0 saturated carbocycles. The predicted octanol–water partition coefficient (Wildman–Crippen LogP) is 6.03. The first kappa shape index (κ1) is 24.5. The van der Waals surface area contributed by atoms with Crippen molar-refractivity contribution in [2.45, 2.75) is 25.2 Å². The van der Waals surface area contributed by atoms with Crippen molar-refractivity contribution in [3.63, 3.8) is 0 Å². The molecule has 1 saturated heterocycles. The van der Waals surface area contributed by atoms with E-state index in [-0.39, 0.29) is 5.91 Å². The summed E-state index contributed by atoms with van der Waals surface area (Å²) in [6, 6.07) is 22.5. The summed E-state index contributed by atoms with van der Waals surface area (Å²) in [5.74, 6) is 1.53. The Labute approximate surface area is 232 Å². The van der Waals surface area contributed by atoms with Crippen LogP contribution in [0.2, 0.25) is 0 Å². The minimum Gasteiger partial charge on any atom is -0.361 e. The minimum absolute atomic E-state index is 0.00222. The zero-order valence-corrected chi connectivity index (χ0v) is 22.4. The van der Waals surface area contributed by atoms with Crippen LogP contribution >= 0.6 is 0 Å². The SMILES string of the molecule is O=C(NCCCN1CCC(c2nc(-c3ccc4cc[nH]c4c3)c3cnccn23)CC1)c1cccc2ccccc12. The molecule has 0 atom stereocenters. The molecule has 3 aromatic heterocycles. The Hall–Kier alpha value is -4.49. The van der Waals surface area contributed by atoms with Crippen LogP contribution in [0.15, 0.2) is 91.5 Å². The summed E-state index contributed by atoms with van der Waals surface area (Å²) < 4.78 is 2.23. The fourth-order valence-electron chi connectivity index (χ4n) is 6.10. The van der Waals surface area contributed by atoms with Crippen LogP contribution in [-0.4, -0.2) is 56.3 Å². The first-order chi connectivity index (χ1) is 19.7. The minimum atomic E-state index is 0.00222. The van der Waals surface area contributed by atoms with Crippen molar-refractivity contribution in [1.82, 2.24) is 29.6 Å². The molecule has 0 bridgehead atoms. The monoisotopic (exact) mass is 528 g/mol. The highest BCUT2D eigenvalue weighted by molar-refractivity contribution is 6.07. The van der Waals surface area contributed by atoms with Gasteiger partial charge in [-0.2, -0.15) is 0 Å². The number of carbonyl (C=O) groups excluding carboxylic acids is 1. The molecule has 0 unspecified atom stereocenters. The van der Waals surface area contributed by atoms with Crippen LogP contribution in [0, 0.1) is 0 Å². The van der Waals surface area contributed by atoms with E-state index in [0.717, 1.165) is 83.3 Å². The van der Waals surface area contributed by atoms with Gasteiger partial charge in [-0.1, -0.05) is 48.5 Å². The Morgan fingerprint density at radius 2 is 1.88 bits per heavy atom. The molecule has 3 aromatic carbocycles. The van der Waals surface area contributed by atoms with Crippen LogP contribution in [0.1, 0.15) is 41.4 Å². The maximum atomic E-state index is 12.8. The molecule has 0 aliphatic carbocycles. The molecule has 1 aliphatic heterocycles. The maximum absolute atomic E-state index is 12.8. The van der Waals surface area contributed by atoms with Crippen LogP contribution in [-0.2, 0) is 0 Å². The standard InChI is InChI=1S/C33H32N6O/c40-33(28-8-3-6-23-5-1-2-7-27(23)28)36-14-4-17-38-18-12-25(13-19-38)32-37-31(30-22-34-16-20-39(30)32)26-10-9-24-11-15-35-29(24)21-26/h1-3,5-11,15-16,20-22,25,35H,4,12-14,17-19H2,(H,36,40). The van der Waals surface area contributed by atoms with Crippen molar-refractivity contribution in [3.8, 4) is 11.3 Å². The molecule has 200 valence electrons. The Kier molecular flexibility index (Phi) is 6.49. The molecular weight excluding hydrogens is 496 g/mol. The lowest BCUT2D eigenvalue weighted by molar-refractivity contribution is 0.0952. The second-order valence-corrected chi connectivity index (χ2v) is 10.7. The molecule has 4 heterocycles. The number of aromatic amines is 1. The number of benzene rings is 3. The first-order valence-electron chi connectivity index (χ1n) is 14.1. The highest BCUT2D eigenvalue weighted by Gasteiger charge is 2.25. The molecule has 1 amide bonds. The Balaban J connectivity index is 0.973. The third-order valence-corrected chi connectivity index (χ3v) is 8.23. The van der Waals surface area contributed by atoms with Gasteiger partial charge in [0.25, 0.3) is 5.91 Å². The smallest absolute Gasteiger partial charge is 0.251 e. The third kappa shape index (κ3) is 4.62. The van der Waals surface area contributed by atoms with Gasteiger partial charge in [-0.15, -0.1) is 0 Å². The van der Waals surface area contributed by atoms with E-state index in [1.165, 1.54) is 5.39 Å². The number of carbonyl (C=O) groups is 1. The van der Waals surface area contributed by atoms with Crippen LogP contribution in [0.4, 0.5) is 0 Å². The summed E-state index contributed by atoms with van der Waals surface area (Å²) >= 11 is 0. The van der Waals surface area contributed by atoms with Crippen LogP contribution < -0.4 is 5.32 Å². The highest BCUT2D eigenvalue weighted by atomic mass is 16.1. The largest absolute Gasteiger partial charge is 0.361 e. The highest BCUT2D eigenvalue weighted by Crippen LogP contribution is 2.33. The summed E-state index contributed by atoms with van der Waals surface area (Å²) in [4.78, 5) is 28.3. The number of H-pyrrole nitrogens is 1. The molecule has 7 nitrogen and oxygen atoms in total. The van der Waals surface area contributed by atoms with E-state index in [0.29, 0.717) is 12.5 Å². The van der Waals surface area contributed by atoms with Crippen molar-refractivity contribution in [2.75, 3.05) is 26.2 Å². The fourth-order valence-corrected chi connectivity index (χ4v) is 6.10. The molecule has 6 aromatic rings. The molecule has 0 radical (unpaired) electrons. The number of nitrogens with zero attached hydrogens (tertiary/aromatic N) is 4. The average Bonchev–Trinajstić information content (AvgIpc) is 3.64. The third-order valence-electron chi connectivity index (χ3n) is 8.23. The molecule has 0 spiro atoms. The Bertz CT molecular complexity index is 1810. The van der Waals surface area contributed by atoms with E-state index in [2.05, 4.69) is 48.9 Å². The number of hydrogen-bond acceptors (Lipinski definition) is 4. The van der Waals surface area contributed by atoms with Crippen molar-refractivity contribution in [1.29, 1.82) is 0 Å². The van der Waals surface area contributed by atoms with Crippen molar-refractivity contribution >= 4 is 33.1 Å². The topological polar surface area (TPSA) is 78.3 Å². The number of rotatable bonds is 7.